The van der Waals surface area contributed by atoms with Crippen molar-refractivity contribution >= 4 is 71.2 Å². The maximum absolute atomic E-state index is 5.21. The van der Waals surface area contributed by atoms with E-state index < -0.39 is 0 Å². The number of rotatable bonds is 2. The van der Waals surface area contributed by atoms with Gasteiger partial charge in [0, 0.05) is 50.6 Å². The molecule has 0 saturated heterocycles. The summed E-state index contributed by atoms with van der Waals surface area (Å²) in [6.07, 6.45) is 3.75. The molecule has 5 heterocycles. The Bertz CT molecular complexity index is 2670. The molecule has 5 aromatic carbocycles. The number of hydrogen-bond acceptors (Lipinski definition) is 3. The molecule has 42 heavy (non-hydrogen) atoms. The number of fused-ring (bicyclic) bond motifs is 10. The number of aromatic nitrogens is 5. The summed E-state index contributed by atoms with van der Waals surface area (Å²) in [7, 11) is 0. The molecule has 10 aromatic rings. The zero-order valence-electron chi connectivity index (χ0n) is 22.4. The van der Waals surface area contributed by atoms with Crippen LogP contribution in [0.25, 0.3) is 88.0 Å². The highest BCUT2D eigenvalue weighted by atomic mass is 15.0. The molecule has 0 aliphatic heterocycles. The molecule has 0 atom stereocenters. The van der Waals surface area contributed by atoms with Gasteiger partial charge in [0.2, 0.25) is 0 Å². The molecule has 0 radical (unpaired) electrons. The lowest BCUT2D eigenvalue weighted by molar-refractivity contribution is 1.18. The van der Waals surface area contributed by atoms with E-state index in [9.17, 15) is 0 Å². The summed E-state index contributed by atoms with van der Waals surface area (Å²) in [5.41, 5.74) is 11.6. The van der Waals surface area contributed by atoms with Crippen LogP contribution in [-0.4, -0.2) is 23.9 Å². The average Bonchev–Trinajstić information content (AvgIpc) is 3.67. The summed E-state index contributed by atoms with van der Waals surface area (Å²) in [5, 5.41) is 5.99. The molecule has 0 N–H and O–H groups in total. The van der Waals surface area contributed by atoms with Crippen LogP contribution in [0.3, 0.4) is 0 Å². The minimum Gasteiger partial charge on any atom is -0.309 e. The van der Waals surface area contributed by atoms with Crippen LogP contribution in [0.5, 0.6) is 0 Å². The minimum absolute atomic E-state index is 0.883. The van der Waals surface area contributed by atoms with Crippen LogP contribution in [0, 0.1) is 0 Å². The van der Waals surface area contributed by atoms with Gasteiger partial charge >= 0.3 is 0 Å². The standard InChI is InChI=1S/C37H21N5/c1-2-10-24(11-3-1)41-32-15-7-4-12-25(32)26-19-27-28-17-23(22-9-8-16-38-21-22)18-29-35-37(40-31-14-6-5-13-30(31)39-35)42(36(28)29)34(27)20-33(26)41/h1-21H. The molecule has 0 aliphatic carbocycles. The summed E-state index contributed by atoms with van der Waals surface area (Å²) < 4.78 is 4.70. The van der Waals surface area contributed by atoms with Crippen molar-refractivity contribution in [3.8, 4) is 16.8 Å². The van der Waals surface area contributed by atoms with E-state index in [0.29, 0.717) is 0 Å². The fraction of sp³-hybridized carbons (Fsp3) is 0. The second kappa shape index (κ2) is 7.89. The van der Waals surface area contributed by atoms with Crippen molar-refractivity contribution in [2.24, 2.45) is 0 Å². The summed E-state index contributed by atoms with van der Waals surface area (Å²) in [5.74, 6) is 0. The molecule has 0 unspecified atom stereocenters. The van der Waals surface area contributed by atoms with E-state index in [1.165, 1.54) is 32.6 Å². The SMILES string of the molecule is c1ccc(-n2c3ccccc3c3cc4c5cc(-c6cccnc6)cc6c7nc8ccccc8nc7n(c4cc32)c56)cc1. The van der Waals surface area contributed by atoms with Gasteiger partial charge in [-0.3, -0.25) is 9.38 Å². The predicted octanol–water partition coefficient (Wildman–Crippen LogP) is 8.94. The van der Waals surface area contributed by atoms with E-state index in [4.69, 9.17) is 9.97 Å². The maximum Gasteiger partial charge on any atom is 0.165 e. The first kappa shape index (κ1) is 21.9. The molecule has 5 nitrogen and oxygen atoms in total. The molecule has 10 rings (SSSR count). The Balaban J connectivity index is 1.45. The molecule has 194 valence electrons. The molecule has 5 aromatic heterocycles. The Morgan fingerprint density at radius 2 is 1.26 bits per heavy atom. The summed E-state index contributed by atoms with van der Waals surface area (Å²) >= 11 is 0. The van der Waals surface area contributed by atoms with Gasteiger partial charge in [-0.1, -0.05) is 54.6 Å². The van der Waals surface area contributed by atoms with Crippen LogP contribution in [0.15, 0.2) is 128 Å². The van der Waals surface area contributed by atoms with Gasteiger partial charge < -0.3 is 4.57 Å². The van der Waals surface area contributed by atoms with Gasteiger partial charge in [-0.05, 0) is 66.2 Å². The van der Waals surface area contributed by atoms with E-state index in [-0.39, 0.29) is 0 Å². The maximum atomic E-state index is 5.21. The molecular formula is C37H21N5. The van der Waals surface area contributed by atoms with Crippen LogP contribution < -0.4 is 0 Å². The van der Waals surface area contributed by atoms with Crippen molar-refractivity contribution < 1.29 is 0 Å². The average molecular weight is 536 g/mol. The third kappa shape index (κ3) is 2.79. The predicted molar refractivity (Wildman–Crippen MR) is 172 cm³/mol. The van der Waals surface area contributed by atoms with Gasteiger partial charge in [-0.2, -0.15) is 0 Å². The highest BCUT2D eigenvalue weighted by Crippen LogP contribution is 2.44. The fourth-order valence-corrected chi connectivity index (χ4v) is 6.89. The largest absolute Gasteiger partial charge is 0.309 e. The lowest BCUT2D eigenvalue weighted by Gasteiger charge is -2.08. The lowest BCUT2D eigenvalue weighted by Crippen LogP contribution is -1.93. The second-order valence-corrected chi connectivity index (χ2v) is 11.0. The fourth-order valence-electron chi connectivity index (χ4n) is 6.89. The highest BCUT2D eigenvalue weighted by molar-refractivity contribution is 6.26. The highest BCUT2D eigenvalue weighted by Gasteiger charge is 2.23. The second-order valence-electron chi connectivity index (χ2n) is 11.0. The van der Waals surface area contributed by atoms with Crippen molar-refractivity contribution in [2.45, 2.75) is 0 Å². The van der Waals surface area contributed by atoms with Gasteiger partial charge in [0.15, 0.2) is 5.65 Å². The van der Waals surface area contributed by atoms with Crippen LogP contribution in [0.2, 0.25) is 0 Å². The zero-order valence-corrected chi connectivity index (χ0v) is 22.4. The summed E-state index contributed by atoms with van der Waals surface area (Å²) in [4.78, 5) is 14.8. The van der Waals surface area contributed by atoms with Gasteiger partial charge in [0.1, 0.15) is 5.52 Å². The first-order valence-electron chi connectivity index (χ1n) is 14.1. The summed E-state index contributed by atoms with van der Waals surface area (Å²) in [6, 6.07) is 40.8. The molecule has 0 saturated carbocycles. The monoisotopic (exact) mass is 535 g/mol. The Morgan fingerprint density at radius 3 is 2.12 bits per heavy atom. The van der Waals surface area contributed by atoms with Crippen LogP contribution in [0.1, 0.15) is 0 Å². The quantitative estimate of drug-likeness (QED) is 0.222. The van der Waals surface area contributed by atoms with Gasteiger partial charge in [0.25, 0.3) is 0 Å². The van der Waals surface area contributed by atoms with E-state index >= 15 is 0 Å². The first-order chi connectivity index (χ1) is 20.8. The van der Waals surface area contributed by atoms with E-state index in [0.717, 1.165) is 55.4 Å². The molecule has 0 spiro atoms. The molecule has 0 bridgehead atoms. The van der Waals surface area contributed by atoms with E-state index in [2.05, 4.69) is 98.9 Å². The Hall–Kier alpha value is -5.81. The number of hydrogen-bond donors (Lipinski definition) is 0. The normalized spacial score (nSPS) is 12.3. The van der Waals surface area contributed by atoms with Gasteiger partial charge in [-0.25, -0.2) is 9.97 Å². The zero-order chi connectivity index (χ0) is 27.4. The third-order valence-electron chi connectivity index (χ3n) is 8.68. The molecule has 0 amide bonds. The number of nitrogens with zero attached hydrogens (tertiary/aromatic N) is 5. The Kier molecular flexibility index (Phi) is 4.12. The minimum atomic E-state index is 0.883. The molecular weight excluding hydrogens is 514 g/mol. The van der Waals surface area contributed by atoms with Crippen LogP contribution in [-0.2, 0) is 0 Å². The van der Waals surface area contributed by atoms with Crippen molar-refractivity contribution in [1.82, 2.24) is 23.9 Å². The lowest BCUT2D eigenvalue weighted by atomic mass is 10.0. The van der Waals surface area contributed by atoms with E-state index in [1.807, 2.05) is 42.7 Å². The molecule has 0 aliphatic rings. The molecule has 5 heteroatoms. The first-order valence-corrected chi connectivity index (χ1v) is 14.1. The number of pyridine rings is 1. The Morgan fingerprint density at radius 1 is 0.500 bits per heavy atom. The van der Waals surface area contributed by atoms with Crippen molar-refractivity contribution in [2.75, 3.05) is 0 Å². The smallest absolute Gasteiger partial charge is 0.165 e. The number of benzene rings is 5. The topological polar surface area (TPSA) is 48.0 Å². The van der Waals surface area contributed by atoms with Crippen LogP contribution >= 0.6 is 0 Å². The van der Waals surface area contributed by atoms with Crippen LogP contribution in [0.4, 0.5) is 0 Å². The molecule has 0 fully saturated rings. The summed E-state index contributed by atoms with van der Waals surface area (Å²) in [6.45, 7) is 0. The third-order valence-corrected chi connectivity index (χ3v) is 8.68. The van der Waals surface area contributed by atoms with Crippen molar-refractivity contribution in [1.29, 1.82) is 0 Å². The number of para-hydroxylation sites is 4. The van der Waals surface area contributed by atoms with E-state index in [1.54, 1.807) is 0 Å². The van der Waals surface area contributed by atoms with Crippen molar-refractivity contribution in [3.05, 3.63) is 128 Å². The Labute approximate surface area is 239 Å². The van der Waals surface area contributed by atoms with Crippen molar-refractivity contribution in [3.63, 3.8) is 0 Å². The van der Waals surface area contributed by atoms with Gasteiger partial charge in [-0.15, -0.1) is 0 Å². The van der Waals surface area contributed by atoms with Gasteiger partial charge in [0.05, 0.1) is 33.1 Å².